The lowest BCUT2D eigenvalue weighted by molar-refractivity contribution is -0.149. The van der Waals surface area contributed by atoms with Gasteiger partial charge in [-0.15, -0.1) is 0 Å². The summed E-state index contributed by atoms with van der Waals surface area (Å²) in [5.41, 5.74) is 1.72. The number of carbonyl (C=O) groups excluding carboxylic acids is 3. The van der Waals surface area contributed by atoms with E-state index in [-0.39, 0.29) is 11.0 Å². The van der Waals surface area contributed by atoms with Crippen LogP contribution in [-0.2, 0) is 20.9 Å². The average molecular weight is 462 g/mol. The van der Waals surface area contributed by atoms with Crippen LogP contribution >= 0.6 is 11.8 Å². The van der Waals surface area contributed by atoms with E-state index in [4.69, 9.17) is 9.47 Å². The highest BCUT2D eigenvalue weighted by atomic mass is 32.2. The standard InChI is InChI=1S/C26H23NO5S/c1-17(2)32-24(28)15-27-25(29)23(33-26(27)30)14-21-20-11-7-6-10-19(20)12-13-22(21)31-16-18-8-4-3-5-9-18/h3-14,17H,15-16H2,1-2H3/b23-14-. The van der Waals surface area contributed by atoms with Crippen molar-refractivity contribution in [3.63, 3.8) is 0 Å². The molecule has 1 fully saturated rings. The number of ether oxygens (including phenoxy) is 2. The lowest BCUT2D eigenvalue weighted by atomic mass is 10.0. The Kier molecular flexibility index (Phi) is 6.79. The van der Waals surface area contributed by atoms with Gasteiger partial charge in [-0.1, -0.05) is 60.7 Å². The van der Waals surface area contributed by atoms with Gasteiger partial charge in [-0.2, -0.15) is 0 Å². The Bertz CT molecular complexity index is 1240. The SMILES string of the molecule is CC(C)OC(=O)CN1C(=O)S/C(=C\c2c(OCc3ccccc3)ccc3ccccc23)C1=O. The van der Waals surface area contributed by atoms with Crippen LogP contribution in [0.1, 0.15) is 25.0 Å². The van der Waals surface area contributed by atoms with Gasteiger partial charge < -0.3 is 9.47 Å². The van der Waals surface area contributed by atoms with E-state index in [0.717, 1.165) is 33.0 Å². The molecular formula is C26H23NO5S. The number of imide groups is 1. The predicted molar refractivity (Wildman–Crippen MR) is 129 cm³/mol. The van der Waals surface area contributed by atoms with E-state index in [9.17, 15) is 14.4 Å². The molecule has 0 unspecified atom stereocenters. The van der Waals surface area contributed by atoms with Crippen LogP contribution < -0.4 is 4.74 Å². The van der Waals surface area contributed by atoms with E-state index in [1.54, 1.807) is 19.9 Å². The molecule has 0 atom stereocenters. The number of hydrogen-bond donors (Lipinski definition) is 0. The first-order valence-electron chi connectivity index (χ1n) is 10.6. The minimum atomic E-state index is -0.620. The summed E-state index contributed by atoms with van der Waals surface area (Å²) in [4.78, 5) is 38.5. The Balaban J connectivity index is 1.65. The second-order valence-electron chi connectivity index (χ2n) is 7.78. The average Bonchev–Trinajstić information content (AvgIpc) is 3.06. The van der Waals surface area contributed by atoms with Gasteiger partial charge in [-0.3, -0.25) is 19.3 Å². The molecule has 1 aliphatic rings. The molecule has 0 radical (unpaired) electrons. The van der Waals surface area contributed by atoms with Gasteiger partial charge in [-0.05, 0) is 54.1 Å². The molecule has 0 aliphatic carbocycles. The molecule has 1 aliphatic heterocycles. The molecule has 2 amide bonds. The van der Waals surface area contributed by atoms with Gasteiger partial charge in [0.2, 0.25) is 0 Å². The van der Waals surface area contributed by atoms with E-state index in [0.29, 0.717) is 17.9 Å². The third-order valence-electron chi connectivity index (χ3n) is 4.97. The Morgan fingerprint density at radius 1 is 1.00 bits per heavy atom. The van der Waals surface area contributed by atoms with E-state index in [1.165, 1.54) is 0 Å². The molecule has 1 saturated heterocycles. The van der Waals surface area contributed by atoms with Crippen molar-refractivity contribution < 1.29 is 23.9 Å². The number of hydrogen-bond acceptors (Lipinski definition) is 6. The molecule has 0 N–H and O–H groups in total. The number of nitrogens with zero attached hydrogens (tertiary/aromatic N) is 1. The highest BCUT2D eigenvalue weighted by Gasteiger charge is 2.37. The van der Waals surface area contributed by atoms with Gasteiger partial charge in [0, 0.05) is 5.56 Å². The van der Waals surface area contributed by atoms with Gasteiger partial charge in [0.25, 0.3) is 11.1 Å². The zero-order valence-corrected chi connectivity index (χ0v) is 19.1. The number of amides is 2. The van der Waals surface area contributed by atoms with Crippen LogP contribution in [0.3, 0.4) is 0 Å². The highest BCUT2D eigenvalue weighted by molar-refractivity contribution is 8.18. The monoisotopic (exact) mass is 461 g/mol. The van der Waals surface area contributed by atoms with Crippen molar-refractivity contribution in [2.24, 2.45) is 0 Å². The fourth-order valence-electron chi connectivity index (χ4n) is 3.48. The van der Waals surface area contributed by atoms with Crippen molar-refractivity contribution in [2.75, 3.05) is 6.54 Å². The third kappa shape index (κ3) is 5.26. The van der Waals surface area contributed by atoms with Crippen molar-refractivity contribution >= 4 is 45.7 Å². The maximum Gasteiger partial charge on any atom is 0.326 e. The van der Waals surface area contributed by atoms with Crippen molar-refractivity contribution in [3.8, 4) is 5.75 Å². The topological polar surface area (TPSA) is 72.9 Å². The van der Waals surface area contributed by atoms with Crippen molar-refractivity contribution in [3.05, 3.63) is 82.8 Å². The molecule has 1 heterocycles. The Labute approximate surface area is 196 Å². The molecule has 0 aromatic heterocycles. The molecular weight excluding hydrogens is 438 g/mol. The third-order valence-corrected chi connectivity index (χ3v) is 5.88. The quantitative estimate of drug-likeness (QED) is 0.346. The Hall–Kier alpha value is -3.58. The van der Waals surface area contributed by atoms with Crippen molar-refractivity contribution in [1.29, 1.82) is 0 Å². The summed E-state index contributed by atoms with van der Waals surface area (Å²) >= 11 is 0.804. The van der Waals surface area contributed by atoms with Crippen molar-refractivity contribution in [2.45, 2.75) is 26.6 Å². The van der Waals surface area contributed by atoms with Gasteiger partial charge in [0.1, 0.15) is 18.9 Å². The first kappa shape index (κ1) is 22.6. The van der Waals surface area contributed by atoms with Crippen LogP contribution in [0.4, 0.5) is 4.79 Å². The largest absolute Gasteiger partial charge is 0.488 e. The normalized spacial score (nSPS) is 15.0. The Morgan fingerprint density at radius 3 is 2.48 bits per heavy atom. The first-order chi connectivity index (χ1) is 15.9. The molecule has 33 heavy (non-hydrogen) atoms. The summed E-state index contributed by atoms with van der Waals surface area (Å²) in [6, 6.07) is 21.4. The highest BCUT2D eigenvalue weighted by Crippen LogP contribution is 2.37. The summed E-state index contributed by atoms with van der Waals surface area (Å²) < 4.78 is 11.2. The molecule has 0 saturated carbocycles. The number of fused-ring (bicyclic) bond motifs is 1. The van der Waals surface area contributed by atoms with Crippen LogP contribution in [0.15, 0.2) is 71.6 Å². The fraction of sp³-hybridized carbons (Fsp3) is 0.192. The number of rotatable bonds is 7. The fourth-order valence-corrected chi connectivity index (χ4v) is 4.30. The van der Waals surface area contributed by atoms with Crippen molar-refractivity contribution in [1.82, 2.24) is 4.90 Å². The lowest BCUT2D eigenvalue weighted by Gasteiger charge is -2.14. The smallest absolute Gasteiger partial charge is 0.326 e. The van der Waals surface area contributed by atoms with Gasteiger partial charge in [0.05, 0.1) is 11.0 Å². The predicted octanol–water partition coefficient (Wildman–Crippen LogP) is 5.41. The molecule has 0 bridgehead atoms. The summed E-state index contributed by atoms with van der Waals surface area (Å²) in [5, 5.41) is 1.38. The van der Waals surface area contributed by atoms with E-state index >= 15 is 0 Å². The molecule has 6 nitrogen and oxygen atoms in total. The second-order valence-corrected chi connectivity index (χ2v) is 8.77. The number of esters is 1. The molecule has 7 heteroatoms. The zero-order valence-electron chi connectivity index (χ0n) is 18.3. The number of thioether (sulfide) groups is 1. The first-order valence-corrected chi connectivity index (χ1v) is 11.4. The number of carbonyl (C=O) groups is 3. The molecule has 4 rings (SSSR count). The van der Waals surface area contributed by atoms with Crippen LogP contribution in [0.5, 0.6) is 5.75 Å². The van der Waals surface area contributed by atoms with Crippen LogP contribution in [0.25, 0.3) is 16.8 Å². The minimum absolute atomic E-state index is 0.235. The minimum Gasteiger partial charge on any atom is -0.488 e. The van der Waals surface area contributed by atoms with Gasteiger partial charge >= 0.3 is 5.97 Å². The number of benzene rings is 3. The van der Waals surface area contributed by atoms with Crippen LogP contribution in [0, 0.1) is 0 Å². The summed E-state index contributed by atoms with van der Waals surface area (Å²) in [5.74, 6) is -0.540. The Morgan fingerprint density at radius 2 is 1.73 bits per heavy atom. The molecule has 0 spiro atoms. The maximum absolute atomic E-state index is 12.9. The van der Waals surface area contributed by atoms with E-state index in [1.807, 2.05) is 66.7 Å². The summed E-state index contributed by atoms with van der Waals surface area (Å²) in [6.07, 6.45) is 1.34. The molecule has 168 valence electrons. The van der Waals surface area contributed by atoms with Gasteiger partial charge in [-0.25, -0.2) is 0 Å². The molecule has 3 aromatic rings. The maximum atomic E-state index is 12.9. The summed E-state index contributed by atoms with van der Waals surface area (Å²) in [6.45, 7) is 3.38. The van der Waals surface area contributed by atoms with E-state index < -0.39 is 23.7 Å². The van der Waals surface area contributed by atoms with Gasteiger partial charge in [0.15, 0.2) is 0 Å². The molecule has 3 aromatic carbocycles. The second kappa shape index (κ2) is 9.92. The lowest BCUT2D eigenvalue weighted by Crippen LogP contribution is -2.35. The van der Waals surface area contributed by atoms with Crippen LogP contribution in [0.2, 0.25) is 0 Å². The van der Waals surface area contributed by atoms with E-state index in [2.05, 4.69) is 0 Å². The zero-order chi connectivity index (χ0) is 23.4. The van der Waals surface area contributed by atoms with Crippen LogP contribution in [-0.4, -0.2) is 34.7 Å². The summed E-state index contributed by atoms with van der Waals surface area (Å²) in [7, 11) is 0.